The summed E-state index contributed by atoms with van der Waals surface area (Å²) >= 11 is 0. The van der Waals surface area contributed by atoms with Gasteiger partial charge in [-0.05, 0) is 19.8 Å². The van der Waals surface area contributed by atoms with E-state index in [2.05, 4.69) is 11.3 Å². The molecule has 94 valence electrons. The fourth-order valence-corrected chi connectivity index (χ4v) is 1.85. The smallest absolute Gasteiger partial charge is 0.417 e. The molecule has 0 bridgehead atoms. The average Bonchev–Trinajstić information content (AvgIpc) is 2.57. The second-order valence-electron chi connectivity index (χ2n) is 3.72. The van der Waals surface area contributed by atoms with E-state index in [4.69, 9.17) is 5.11 Å². The van der Waals surface area contributed by atoms with E-state index < -0.39 is 29.9 Å². The first-order chi connectivity index (χ1) is 8.02. The first kappa shape index (κ1) is 13.2. The van der Waals surface area contributed by atoms with Gasteiger partial charge in [-0.2, -0.15) is 0 Å². The number of hydrogen-bond donors (Lipinski definition) is 1. The molecule has 0 aromatic rings. The molecule has 0 aromatic carbocycles. The minimum Gasteiger partial charge on any atom is -0.480 e. The number of likely N-dealkylation sites (tertiary alicyclic amines) is 1. The monoisotopic (exact) mass is 241 g/mol. The van der Waals surface area contributed by atoms with E-state index in [1.54, 1.807) is 6.92 Å². The molecule has 2 atom stereocenters. The Balaban J connectivity index is 2.89. The molecule has 2 unspecified atom stereocenters. The zero-order valence-electron chi connectivity index (χ0n) is 9.59. The van der Waals surface area contributed by atoms with Crippen molar-refractivity contribution in [3.63, 3.8) is 0 Å². The van der Waals surface area contributed by atoms with E-state index >= 15 is 0 Å². The van der Waals surface area contributed by atoms with E-state index in [-0.39, 0.29) is 13.0 Å². The number of carboxylic acid groups (broad SMARTS) is 1. The zero-order valence-corrected chi connectivity index (χ0v) is 9.59. The van der Waals surface area contributed by atoms with Crippen molar-refractivity contribution in [1.29, 1.82) is 0 Å². The van der Waals surface area contributed by atoms with Crippen LogP contribution < -0.4 is 0 Å². The summed E-state index contributed by atoms with van der Waals surface area (Å²) in [7, 11) is 0. The Morgan fingerprint density at radius 1 is 1.65 bits per heavy atom. The number of carbonyl (C=O) groups is 3. The number of imide groups is 1. The lowest BCUT2D eigenvalue weighted by molar-refractivity contribution is -0.145. The topological polar surface area (TPSA) is 83.9 Å². The summed E-state index contributed by atoms with van der Waals surface area (Å²) in [5.41, 5.74) is 0. The van der Waals surface area contributed by atoms with Crippen molar-refractivity contribution in [2.75, 3.05) is 6.61 Å². The summed E-state index contributed by atoms with van der Waals surface area (Å²) < 4.78 is 4.68. The molecule has 17 heavy (non-hydrogen) atoms. The Labute approximate surface area is 98.8 Å². The molecule has 0 spiro atoms. The van der Waals surface area contributed by atoms with Crippen LogP contribution in [-0.2, 0) is 14.3 Å². The average molecular weight is 241 g/mol. The van der Waals surface area contributed by atoms with Gasteiger partial charge in [-0.25, -0.2) is 14.5 Å². The molecular weight excluding hydrogens is 226 g/mol. The van der Waals surface area contributed by atoms with Gasteiger partial charge in [0, 0.05) is 5.92 Å². The van der Waals surface area contributed by atoms with Crippen molar-refractivity contribution in [1.82, 2.24) is 4.90 Å². The molecule has 1 aliphatic rings. The quantitative estimate of drug-likeness (QED) is 0.743. The minimum atomic E-state index is -1.20. The van der Waals surface area contributed by atoms with Crippen molar-refractivity contribution >= 4 is 18.0 Å². The Bertz CT molecular complexity index is 352. The fourth-order valence-electron chi connectivity index (χ4n) is 1.85. The van der Waals surface area contributed by atoms with Gasteiger partial charge in [0.15, 0.2) is 0 Å². The van der Waals surface area contributed by atoms with Gasteiger partial charge in [0.1, 0.15) is 6.04 Å². The van der Waals surface area contributed by atoms with Gasteiger partial charge in [-0.3, -0.25) is 4.79 Å². The Morgan fingerprint density at radius 2 is 2.29 bits per heavy atom. The Hall–Kier alpha value is -1.85. The summed E-state index contributed by atoms with van der Waals surface area (Å²) in [6.07, 6.45) is 1.12. The molecule has 6 nitrogen and oxygen atoms in total. The molecule has 0 saturated carbocycles. The number of amides is 2. The zero-order chi connectivity index (χ0) is 13.0. The molecular formula is C11H15NO5. The second kappa shape index (κ2) is 5.47. The highest BCUT2D eigenvalue weighted by Crippen LogP contribution is 2.28. The van der Waals surface area contributed by atoms with Gasteiger partial charge in [0.05, 0.1) is 6.61 Å². The van der Waals surface area contributed by atoms with Crippen molar-refractivity contribution in [2.45, 2.75) is 25.8 Å². The van der Waals surface area contributed by atoms with Crippen LogP contribution in [0.1, 0.15) is 19.8 Å². The van der Waals surface area contributed by atoms with Crippen LogP contribution in [0.5, 0.6) is 0 Å². The predicted molar refractivity (Wildman–Crippen MR) is 58.2 cm³/mol. The van der Waals surface area contributed by atoms with Crippen LogP contribution in [0, 0.1) is 5.92 Å². The number of hydrogen-bond acceptors (Lipinski definition) is 4. The lowest BCUT2D eigenvalue weighted by Gasteiger charge is -2.18. The summed E-state index contributed by atoms with van der Waals surface area (Å²) in [6, 6.07) is -1.13. The van der Waals surface area contributed by atoms with Crippen LogP contribution >= 0.6 is 0 Å². The highest BCUT2D eigenvalue weighted by molar-refractivity contribution is 6.00. The molecule has 0 aromatic heterocycles. The SMILES string of the molecule is C=CCC1CC(C(=O)O)N(C(=O)OCC)C1=O. The van der Waals surface area contributed by atoms with Gasteiger partial charge in [-0.1, -0.05) is 6.08 Å². The van der Waals surface area contributed by atoms with Crippen LogP contribution in [0.3, 0.4) is 0 Å². The maximum atomic E-state index is 11.8. The van der Waals surface area contributed by atoms with Crippen molar-refractivity contribution in [2.24, 2.45) is 5.92 Å². The maximum Gasteiger partial charge on any atom is 0.417 e. The molecule has 1 saturated heterocycles. The molecule has 1 heterocycles. The van der Waals surface area contributed by atoms with Crippen molar-refractivity contribution in [3.05, 3.63) is 12.7 Å². The third kappa shape index (κ3) is 2.64. The summed E-state index contributed by atoms with van der Waals surface area (Å²) in [5.74, 6) is -2.20. The van der Waals surface area contributed by atoms with E-state index in [1.165, 1.54) is 6.08 Å². The normalized spacial score (nSPS) is 23.6. The first-order valence-corrected chi connectivity index (χ1v) is 5.36. The van der Waals surface area contributed by atoms with Crippen LogP contribution in [0.25, 0.3) is 0 Å². The number of nitrogens with zero attached hydrogens (tertiary/aromatic N) is 1. The molecule has 2 amide bonds. The van der Waals surface area contributed by atoms with Gasteiger partial charge >= 0.3 is 12.1 Å². The Kier molecular flexibility index (Phi) is 4.25. The van der Waals surface area contributed by atoms with Gasteiger partial charge in [0.2, 0.25) is 5.91 Å². The number of ether oxygens (including phenoxy) is 1. The lowest BCUT2D eigenvalue weighted by Crippen LogP contribution is -2.43. The number of carbonyl (C=O) groups excluding carboxylic acids is 2. The number of carboxylic acids is 1. The maximum absolute atomic E-state index is 11.8. The molecule has 1 fully saturated rings. The van der Waals surface area contributed by atoms with Crippen LogP contribution in [0.15, 0.2) is 12.7 Å². The third-order valence-electron chi connectivity index (χ3n) is 2.61. The molecule has 1 N–H and O–H groups in total. The van der Waals surface area contributed by atoms with E-state index in [1.807, 2.05) is 0 Å². The summed E-state index contributed by atoms with van der Waals surface area (Å²) in [5, 5.41) is 8.98. The summed E-state index contributed by atoms with van der Waals surface area (Å²) in [4.78, 5) is 35.0. The predicted octanol–water partition coefficient (Wildman–Crippen LogP) is 1.02. The Morgan fingerprint density at radius 3 is 2.76 bits per heavy atom. The third-order valence-corrected chi connectivity index (χ3v) is 2.61. The molecule has 1 rings (SSSR count). The van der Waals surface area contributed by atoms with E-state index in [0.717, 1.165) is 0 Å². The summed E-state index contributed by atoms with van der Waals surface area (Å²) in [6.45, 7) is 5.19. The highest BCUT2D eigenvalue weighted by atomic mass is 16.6. The molecule has 6 heteroatoms. The molecule has 0 radical (unpaired) electrons. The lowest BCUT2D eigenvalue weighted by atomic mass is 10.0. The number of aliphatic carboxylic acids is 1. The van der Waals surface area contributed by atoms with Gasteiger partial charge in [-0.15, -0.1) is 6.58 Å². The minimum absolute atomic E-state index is 0.0983. The van der Waals surface area contributed by atoms with Gasteiger partial charge in [0.25, 0.3) is 0 Å². The van der Waals surface area contributed by atoms with E-state index in [9.17, 15) is 14.4 Å². The largest absolute Gasteiger partial charge is 0.480 e. The van der Waals surface area contributed by atoms with Crippen LogP contribution in [0.4, 0.5) is 4.79 Å². The highest BCUT2D eigenvalue weighted by Gasteiger charge is 2.46. The molecule has 0 aliphatic carbocycles. The van der Waals surface area contributed by atoms with E-state index in [0.29, 0.717) is 11.3 Å². The standard InChI is InChI=1S/C11H15NO5/c1-3-5-7-6-8(10(14)15)12(9(7)13)11(16)17-4-2/h3,7-8H,1,4-6H2,2H3,(H,14,15). The van der Waals surface area contributed by atoms with Crippen LogP contribution in [-0.4, -0.2) is 40.6 Å². The van der Waals surface area contributed by atoms with Gasteiger partial charge < -0.3 is 9.84 Å². The number of rotatable bonds is 4. The molecule has 1 aliphatic heterocycles. The first-order valence-electron chi connectivity index (χ1n) is 5.36. The van der Waals surface area contributed by atoms with Crippen molar-refractivity contribution < 1.29 is 24.2 Å². The number of allylic oxidation sites excluding steroid dienone is 1. The fraction of sp³-hybridized carbons (Fsp3) is 0.545. The second-order valence-corrected chi connectivity index (χ2v) is 3.72. The van der Waals surface area contributed by atoms with Crippen LogP contribution in [0.2, 0.25) is 0 Å². The van der Waals surface area contributed by atoms with Crippen molar-refractivity contribution in [3.8, 4) is 0 Å².